The summed E-state index contributed by atoms with van der Waals surface area (Å²) in [5, 5.41) is 4.38. The number of ether oxygens (including phenoxy) is 3. The summed E-state index contributed by atoms with van der Waals surface area (Å²) in [6.07, 6.45) is 1.32. The number of esters is 1. The maximum absolute atomic E-state index is 12.7. The number of furan rings is 1. The quantitative estimate of drug-likeness (QED) is 0.0812. The number of hydrogen-bond donors (Lipinski definition) is 1. The van der Waals surface area contributed by atoms with Gasteiger partial charge in [0.25, 0.3) is 0 Å². The smallest absolute Gasteiger partial charge is 0.343 e. The van der Waals surface area contributed by atoms with Crippen LogP contribution in [-0.4, -0.2) is 29.8 Å². The average molecular weight is 598 g/mol. The van der Waals surface area contributed by atoms with Crippen LogP contribution in [0.5, 0.6) is 17.2 Å². The lowest BCUT2D eigenvalue weighted by molar-refractivity contribution is 0.0733. The Morgan fingerprint density at radius 1 is 0.930 bits per heavy atom. The fourth-order valence-corrected chi connectivity index (χ4v) is 4.52. The Hall–Kier alpha value is -5.28. The number of nitrogens with zero attached hydrogens (tertiary/aromatic N) is 2. The Morgan fingerprint density at radius 3 is 2.44 bits per heavy atom. The minimum Gasteiger partial charge on any atom is -0.497 e. The molecule has 0 atom stereocenters. The van der Waals surface area contributed by atoms with E-state index in [4.69, 9.17) is 30.2 Å². The first kappa shape index (κ1) is 29.2. The molecule has 3 aromatic carbocycles. The van der Waals surface area contributed by atoms with Gasteiger partial charge in [-0.1, -0.05) is 17.7 Å². The molecule has 0 aliphatic heterocycles. The minimum absolute atomic E-state index is 0.0560. The van der Waals surface area contributed by atoms with E-state index < -0.39 is 11.9 Å². The number of amides is 1. The van der Waals surface area contributed by atoms with Crippen LogP contribution in [0.3, 0.4) is 0 Å². The van der Waals surface area contributed by atoms with E-state index in [2.05, 4.69) is 41.1 Å². The maximum Gasteiger partial charge on any atom is 0.343 e. The normalized spacial score (nSPS) is 11.0. The number of halogens is 1. The predicted molar refractivity (Wildman–Crippen MR) is 163 cm³/mol. The van der Waals surface area contributed by atoms with Crippen LogP contribution in [0.25, 0.3) is 5.69 Å². The van der Waals surface area contributed by atoms with Gasteiger partial charge in [-0.25, -0.2) is 10.2 Å². The van der Waals surface area contributed by atoms with Gasteiger partial charge in [0, 0.05) is 27.7 Å². The third-order valence-corrected chi connectivity index (χ3v) is 6.72. The van der Waals surface area contributed by atoms with Crippen LogP contribution < -0.4 is 19.6 Å². The Bertz CT molecular complexity index is 1770. The molecular formula is C33H28ClN3O6. The van der Waals surface area contributed by atoms with Crippen LogP contribution in [0.15, 0.2) is 101 Å². The van der Waals surface area contributed by atoms with Crippen molar-refractivity contribution in [2.75, 3.05) is 7.11 Å². The molecule has 0 saturated carbocycles. The summed E-state index contributed by atoms with van der Waals surface area (Å²) < 4.78 is 24.3. The van der Waals surface area contributed by atoms with Gasteiger partial charge in [0.15, 0.2) is 5.76 Å². The molecular weight excluding hydrogens is 570 g/mol. The Balaban J connectivity index is 1.17. The molecule has 5 rings (SSSR count). The van der Waals surface area contributed by atoms with Crippen molar-refractivity contribution in [1.29, 1.82) is 0 Å². The molecule has 1 amide bonds. The highest BCUT2D eigenvalue weighted by atomic mass is 35.5. The molecule has 5 aromatic rings. The van der Waals surface area contributed by atoms with Crippen molar-refractivity contribution in [2.24, 2.45) is 5.10 Å². The van der Waals surface area contributed by atoms with Gasteiger partial charge in [-0.15, -0.1) is 0 Å². The fraction of sp³-hybridized carbons (Fsp3) is 0.121. The van der Waals surface area contributed by atoms with E-state index >= 15 is 0 Å². The largest absolute Gasteiger partial charge is 0.497 e. The van der Waals surface area contributed by atoms with Crippen LogP contribution in [-0.2, 0) is 6.61 Å². The molecule has 9 nitrogen and oxygen atoms in total. The molecule has 2 heterocycles. The summed E-state index contributed by atoms with van der Waals surface area (Å²) in [4.78, 5) is 25.3. The number of carbonyl (C=O) groups excluding carboxylic acids is 2. The Kier molecular flexibility index (Phi) is 8.93. The highest BCUT2D eigenvalue weighted by Crippen LogP contribution is 2.24. The number of aromatic nitrogens is 1. The summed E-state index contributed by atoms with van der Waals surface area (Å²) in [5.41, 5.74) is 6.44. The van der Waals surface area contributed by atoms with Crippen molar-refractivity contribution >= 4 is 29.7 Å². The highest BCUT2D eigenvalue weighted by molar-refractivity contribution is 6.31. The predicted octanol–water partition coefficient (Wildman–Crippen LogP) is 6.91. The lowest BCUT2D eigenvalue weighted by atomic mass is 10.2. The molecule has 2 aromatic heterocycles. The number of benzene rings is 3. The maximum atomic E-state index is 12.7. The molecule has 0 fully saturated rings. The minimum atomic E-state index is -0.590. The first-order valence-electron chi connectivity index (χ1n) is 13.3. The van der Waals surface area contributed by atoms with E-state index in [0.717, 1.165) is 17.1 Å². The third kappa shape index (κ3) is 7.14. The molecule has 0 radical (unpaired) electrons. The summed E-state index contributed by atoms with van der Waals surface area (Å²) in [5.74, 6) is 0.767. The number of nitrogens with one attached hydrogen (secondary N) is 1. The van der Waals surface area contributed by atoms with Crippen molar-refractivity contribution in [1.82, 2.24) is 9.99 Å². The Morgan fingerprint density at radius 2 is 1.70 bits per heavy atom. The zero-order valence-corrected chi connectivity index (χ0v) is 24.4. The first-order valence-corrected chi connectivity index (χ1v) is 13.6. The van der Waals surface area contributed by atoms with Gasteiger partial charge in [-0.3, -0.25) is 4.79 Å². The van der Waals surface area contributed by atoms with Crippen LogP contribution in [0, 0.1) is 13.8 Å². The van der Waals surface area contributed by atoms with Crippen molar-refractivity contribution in [3.63, 3.8) is 0 Å². The van der Waals surface area contributed by atoms with E-state index in [1.807, 2.05) is 24.3 Å². The van der Waals surface area contributed by atoms with Crippen LogP contribution >= 0.6 is 11.6 Å². The zero-order chi connectivity index (χ0) is 30.3. The van der Waals surface area contributed by atoms with Crippen molar-refractivity contribution in [3.8, 4) is 22.9 Å². The topological polar surface area (TPSA) is 104 Å². The SMILES string of the molecule is COc1cccc(C(=O)Oc2ccc(Cl)cc2/C=N/NC(=O)c2ccc(COc3ccc(-n4c(C)ccc4C)cc3)o2)c1. The number of hydrogen-bond acceptors (Lipinski definition) is 7. The van der Waals surface area contributed by atoms with E-state index in [9.17, 15) is 9.59 Å². The van der Waals surface area contributed by atoms with Crippen molar-refractivity contribution in [2.45, 2.75) is 20.5 Å². The number of aryl methyl sites for hydroxylation is 2. The second kappa shape index (κ2) is 13.1. The lowest BCUT2D eigenvalue weighted by Crippen LogP contribution is -2.17. The molecule has 0 unspecified atom stereocenters. The molecule has 0 bridgehead atoms. The van der Waals surface area contributed by atoms with E-state index in [1.54, 1.807) is 48.5 Å². The van der Waals surface area contributed by atoms with Crippen LogP contribution in [0.2, 0.25) is 5.02 Å². The van der Waals surface area contributed by atoms with Gasteiger partial charge < -0.3 is 23.2 Å². The zero-order valence-electron chi connectivity index (χ0n) is 23.7. The molecule has 0 aliphatic carbocycles. The standard InChI is InChI=1S/C33H28ClN3O6/c1-21-7-8-22(2)37(21)26-10-12-27(13-11-26)41-20-29-14-16-31(42-29)32(38)36-35-19-24-17-25(34)9-15-30(24)43-33(39)23-5-4-6-28(18-23)40-3/h4-19H,20H2,1-3H3,(H,36,38)/b35-19+. The summed E-state index contributed by atoms with van der Waals surface area (Å²) in [7, 11) is 1.51. The van der Waals surface area contributed by atoms with Crippen molar-refractivity contribution < 1.29 is 28.2 Å². The summed E-state index contributed by atoms with van der Waals surface area (Å²) in [6.45, 7) is 4.26. The molecule has 10 heteroatoms. The second-order valence-electron chi connectivity index (χ2n) is 9.50. The monoisotopic (exact) mass is 597 g/mol. The average Bonchev–Trinajstić information content (AvgIpc) is 3.63. The van der Waals surface area contributed by atoms with Gasteiger partial charge >= 0.3 is 11.9 Å². The number of carbonyl (C=O) groups is 2. The molecule has 0 aliphatic rings. The highest BCUT2D eigenvalue weighted by Gasteiger charge is 2.14. The van der Waals surface area contributed by atoms with Gasteiger partial charge in [-0.2, -0.15) is 5.10 Å². The molecule has 0 spiro atoms. The van der Waals surface area contributed by atoms with Crippen LogP contribution in [0.4, 0.5) is 0 Å². The second-order valence-corrected chi connectivity index (χ2v) is 9.94. The van der Waals surface area contributed by atoms with Gasteiger partial charge in [0.05, 0.1) is 18.9 Å². The van der Waals surface area contributed by atoms with Gasteiger partial charge in [-0.05, 0) is 98.8 Å². The summed E-state index contributed by atoms with van der Waals surface area (Å²) in [6, 6.07) is 26.3. The molecule has 43 heavy (non-hydrogen) atoms. The third-order valence-electron chi connectivity index (χ3n) is 6.48. The van der Waals surface area contributed by atoms with Crippen LogP contribution in [0.1, 0.15) is 43.6 Å². The number of rotatable bonds is 10. The van der Waals surface area contributed by atoms with Gasteiger partial charge in [0.2, 0.25) is 0 Å². The van der Waals surface area contributed by atoms with E-state index in [1.165, 1.54) is 19.4 Å². The number of methoxy groups -OCH3 is 1. The molecule has 0 saturated heterocycles. The van der Waals surface area contributed by atoms with E-state index in [-0.39, 0.29) is 18.1 Å². The molecule has 1 N–H and O–H groups in total. The lowest BCUT2D eigenvalue weighted by Gasteiger charge is -2.10. The Labute approximate surface area is 253 Å². The van der Waals surface area contributed by atoms with E-state index in [0.29, 0.717) is 33.4 Å². The summed E-state index contributed by atoms with van der Waals surface area (Å²) >= 11 is 6.13. The fourth-order valence-electron chi connectivity index (χ4n) is 4.34. The van der Waals surface area contributed by atoms with Crippen molar-refractivity contribution in [3.05, 3.63) is 130 Å². The van der Waals surface area contributed by atoms with Gasteiger partial charge in [0.1, 0.15) is 29.6 Å². The first-order chi connectivity index (χ1) is 20.8. The molecule has 218 valence electrons. The number of hydrazone groups is 1.